The Kier molecular flexibility index (Phi) is 3.58. The molecule has 1 nitrogen and oxygen atoms in total. The minimum absolute atomic E-state index is 0.267. The topological polar surface area (TPSA) is 20.2 Å². The van der Waals surface area contributed by atoms with Gasteiger partial charge in [-0.2, -0.15) is 0 Å². The van der Waals surface area contributed by atoms with E-state index in [1.54, 1.807) is 13.0 Å². The second kappa shape index (κ2) is 4.33. The van der Waals surface area contributed by atoms with Gasteiger partial charge in [0.2, 0.25) is 0 Å². The molecule has 2 unspecified atom stereocenters. The molecule has 0 heterocycles. The summed E-state index contributed by atoms with van der Waals surface area (Å²) in [5.41, 5.74) is 4.95. The van der Waals surface area contributed by atoms with Crippen LogP contribution in [0.5, 0.6) is 0 Å². The highest BCUT2D eigenvalue weighted by molar-refractivity contribution is 5.17. The Balaban J connectivity index is 2.96. The molecule has 0 aromatic carbocycles. The molecule has 2 atom stereocenters. The maximum Gasteiger partial charge on any atom is 0.0766 e. The van der Waals surface area contributed by atoms with Crippen molar-refractivity contribution in [3.05, 3.63) is 17.4 Å². The molecule has 0 aromatic heterocycles. The van der Waals surface area contributed by atoms with Crippen LogP contribution in [0.4, 0.5) is 0 Å². The fourth-order valence-electron chi connectivity index (χ4n) is 2.34. The molecule has 0 saturated heterocycles. The Morgan fingerprint density at radius 1 is 1.57 bits per heavy atom. The van der Waals surface area contributed by atoms with Crippen molar-refractivity contribution in [2.45, 2.75) is 53.1 Å². The van der Waals surface area contributed by atoms with Crippen molar-refractivity contribution in [2.24, 2.45) is 11.3 Å². The molecule has 80 valence electrons. The van der Waals surface area contributed by atoms with Gasteiger partial charge in [-0.25, -0.2) is 0 Å². The summed E-state index contributed by atoms with van der Waals surface area (Å²) < 4.78 is 0. The summed E-state index contributed by atoms with van der Waals surface area (Å²) in [4.78, 5) is 0. The van der Waals surface area contributed by atoms with Crippen LogP contribution in [0.3, 0.4) is 0 Å². The van der Waals surface area contributed by atoms with Crippen LogP contribution in [0, 0.1) is 11.3 Å². The summed E-state index contributed by atoms with van der Waals surface area (Å²) in [5.74, 6) is 0.619. The summed E-state index contributed by atoms with van der Waals surface area (Å²) in [5, 5.41) is 9.21. The molecule has 0 aromatic rings. The highest BCUT2D eigenvalue weighted by atomic mass is 16.3. The van der Waals surface area contributed by atoms with E-state index in [2.05, 4.69) is 26.5 Å². The van der Waals surface area contributed by atoms with Gasteiger partial charge in [-0.05, 0) is 42.7 Å². The lowest BCUT2D eigenvalue weighted by molar-refractivity contribution is 0.243. The highest BCUT2D eigenvalue weighted by Crippen LogP contribution is 2.42. The Morgan fingerprint density at radius 3 is 2.71 bits per heavy atom. The maximum atomic E-state index is 9.21. The van der Waals surface area contributed by atoms with Gasteiger partial charge in [-0.1, -0.05) is 27.2 Å². The van der Waals surface area contributed by atoms with Crippen LogP contribution < -0.4 is 0 Å². The predicted molar refractivity (Wildman–Crippen MR) is 60.1 cm³/mol. The van der Waals surface area contributed by atoms with Crippen LogP contribution in [0.2, 0.25) is 0 Å². The Labute approximate surface area is 87.5 Å². The molecule has 1 aliphatic rings. The molecule has 14 heavy (non-hydrogen) atoms. The molecule has 0 amide bonds. The SMILES string of the molecule is CC(O)C=C=C1C(C)CCCC1(C)C. The van der Waals surface area contributed by atoms with Crippen molar-refractivity contribution in [1.82, 2.24) is 0 Å². The first-order chi connectivity index (χ1) is 6.43. The van der Waals surface area contributed by atoms with Crippen LogP contribution in [-0.4, -0.2) is 11.2 Å². The molecule has 1 N–H and O–H groups in total. The zero-order chi connectivity index (χ0) is 10.8. The minimum atomic E-state index is -0.382. The molecular formula is C13H22O. The first-order valence-corrected chi connectivity index (χ1v) is 5.59. The second-order valence-electron chi connectivity index (χ2n) is 5.14. The monoisotopic (exact) mass is 194 g/mol. The third-order valence-electron chi connectivity index (χ3n) is 3.14. The smallest absolute Gasteiger partial charge is 0.0766 e. The van der Waals surface area contributed by atoms with Crippen molar-refractivity contribution in [3.63, 3.8) is 0 Å². The van der Waals surface area contributed by atoms with Crippen LogP contribution in [0.25, 0.3) is 0 Å². The van der Waals surface area contributed by atoms with E-state index in [4.69, 9.17) is 0 Å². The number of rotatable bonds is 1. The van der Waals surface area contributed by atoms with Crippen LogP contribution >= 0.6 is 0 Å². The van der Waals surface area contributed by atoms with Crippen molar-refractivity contribution < 1.29 is 5.11 Å². The zero-order valence-electron chi connectivity index (χ0n) is 9.80. The summed E-state index contributed by atoms with van der Waals surface area (Å²) in [6.07, 6.45) is 5.21. The standard InChI is InChI=1S/C13H22O/c1-10-6-5-9-13(3,4)12(10)8-7-11(2)14/h7,10-11,14H,5-6,9H2,1-4H3. The van der Waals surface area contributed by atoms with Gasteiger partial charge in [0.05, 0.1) is 6.10 Å². The number of hydrogen-bond donors (Lipinski definition) is 1. The molecule has 1 aliphatic carbocycles. The molecule has 1 rings (SSSR count). The molecule has 0 spiro atoms. The van der Waals surface area contributed by atoms with E-state index in [0.29, 0.717) is 5.92 Å². The molecule has 0 bridgehead atoms. The van der Waals surface area contributed by atoms with E-state index in [9.17, 15) is 5.11 Å². The van der Waals surface area contributed by atoms with E-state index >= 15 is 0 Å². The summed E-state index contributed by atoms with van der Waals surface area (Å²) in [6, 6.07) is 0. The van der Waals surface area contributed by atoms with Gasteiger partial charge in [0.25, 0.3) is 0 Å². The third kappa shape index (κ3) is 2.73. The molecular weight excluding hydrogens is 172 g/mol. The Bertz CT molecular complexity index is 254. The highest BCUT2D eigenvalue weighted by Gasteiger charge is 2.30. The maximum absolute atomic E-state index is 9.21. The molecule has 1 saturated carbocycles. The number of aliphatic hydroxyl groups excluding tert-OH is 1. The van der Waals surface area contributed by atoms with Crippen molar-refractivity contribution in [1.29, 1.82) is 0 Å². The summed E-state index contributed by atoms with van der Waals surface area (Å²) in [6.45, 7) is 8.59. The first-order valence-electron chi connectivity index (χ1n) is 5.59. The molecule has 1 heteroatoms. The normalized spacial score (nSPS) is 28.1. The van der Waals surface area contributed by atoms with Gasteiger partial charge in [0, 0.05) is 0 Å². The Morgan fingerprint density at radius 2 is 2.21 bits per heavy atom. The van der Waals surface area contributed by atoms with Crippen molar-refractivity contribution in [3.8, 4) is 0 Å². The Hall–Kier alpha value is -0.520. The second-order valence-corrected chi connectivity index (χ2v) is 5.14. The molecule has 0 aliphatic heterocycles. The number of aliphatic hydroxyl groups is 1. The van der Waals surface area contributed by atoms with Crippen molar-refractivity contribution >= 4 is 0 Å². The third-order valence-corrected chi connectivity index (χ3v) is 3.14. The fourth-order valence-corrected chi connectivity index (χ4v) is 2.34. The predicted octanol–water partition coefficient (Wildman–Crippen LogP) is 3.29. The van der Waals surface area contributed by atoms with Gasteiger partial charge >= 0.3 is 0 Å². The lowest BCUT2D eigenvalue weighted by Gasteiger charge is -2.35. The minimum Gasteiger partial charge on any atom is -0.389 e. The largest absolute Gasteiger partial charge is 0.389 e. The average Bonchev–Trinajstić information content (AvgIpc) is 2.01. The van der Waals surface area contributed by atoms with E-state index in [-0.39, 0.29) is 11.5 Å². The quantitative estimate of drug-likeness (QED) is 0.635. The average molecular weight is 194 g/mol. The van der Waals surface area contributed by atoms with Crippen LogP contribution in [0.15, 0.2) is 17.4 Å². The van der Waals surface area contributed by atoms with E-state index in [1.807, 2.05) is 0 Å². The van der Waals surface area contributed by atoms with E-state index in [0.717, 1.165) is 0 Å². The number of hydrogen-bond acceptors (Lipinski definition) is 1. The van der Waals surface area contributed by atoms with E-state index in [1.165, 1.54) is 24.8 Å². The lowest BCUT2D eigenvalue weighted by atomic mass is 9.69. The summed E-state index contributed by atoms with van der Waals surface area (Å²) >= 11 is 0. The van der Waals surface area contributed by atoms with Crippen LogP contribution in [0.1, 0.15) is 47.0 Å². The molecule has 0 radical (unpaired) electrons. The van der Waals surface area contributed by atoms with Gasteiger partial charge in [-0.15, -0.1) is 5.73 Å². The fraction of sp³-hybridized carbons (Fsp3) is 0.769. The molecule has 1 fully saturated rings. The van der Waals surface area contributed by atoms with Gasteiger partial charge in [0.15, 0.2) is 0 Å². The zero-order valence-corrected chi connectivity index (χ0v) is 9.80. The van der Waals surface area contributed by atoms with Crippen LogP contribution in [-0.2, 0) is 0 Å². The van der Waals surface area contributed by atoms with Gasteiger partial charge in [0.1, 0.15) is 0 Å². The first kappa shape index (κ1) is 11.6. The lowest BCUT2D eigenvalue weighted by Crippen LogP contribution is -2.24. The van der Waals surface area contributed by atoms with Crippen molar-refractivity contribution in [2.75, 3.05) is 0 Å². The van der Waals surface area contributed by atoms with E-state index < -0.39 is 0 Å². The van der Waals surface area contributed by atoms with Gasteiger partial charge < -0.3 is 5.11 Å². The van der Waals surface area contributed by atoms with Gasteiger partial charge in [-0.3, -0.25) is 0 Å². The summed E-state index contributed by atoms with van der Waals surface area (Å²) in [7, 11) is 0.